The number of hydrazone groups is 1. The number of aromatic hydroxyl groups is 1. The standard InChI is InChI=1S/C19H21IN2O5/c1-3-25-15-7-5-6-8-16(15)27-12-18(23)22-21-11-13-9-14(20)19(24)17(10-13)26-4-2/h5-11,24H,3-4,12H2,1-2H3,(H,22,23)/b21-11+. The van der Waals surface area contributed by atoms with Crippen LogP contribution in [0.3, 0.4) is 0 Å². The zero-order valence-electron chi connectivity index (χ0n) is 15.1. The number of hydrogen-bond donors (Lipinski definition) is 2. The minimum absolute atomic E-state index is 0.0833. The molecule has 27 heavy (non-hydrogen) atoms. The molecule has 0 saturated carbocycles. The summed E-state index contributed by atoms with van der Waals surface area (Å²) >= 11 is 2.00. The maximum atomic E-state index is 11.9. The molecule has 0 atom stereocenters. The second-order valence-corrected chi connectivity index (χ2v) is 6.41. The summed E-state index contributed by atoms with van der Waals surface area (Å²) in [5.74, 6) is 1.12. The summed E-state index contributed by atoms with van der Waals surface area (Å²) in [5, 5.41) is 13.8. The lowest BCUT2D eigenvalue weighted by Crippen LogP contribution is -2.24. The van der Waals surface area contributed by atoms with Crippen LogP contribution < -0.4 is 19.6 Å². The Balaban J connectivity index is 1.92. The maximum absolute atomic E-state index is 11.9. The van der Waals surface area contributed by atoms with Crippen molar-refractivity contribution in [2.75, 3.05) is 19.8 Å². The summed E-state index contributed by atoms with van der Waals surface area (Å²) in [7, 11) is 0. The largest absolute Gasteiger partial charge is 0.504 e. The quantitative estimate of drug-likeness (QED) is 0.324. The number of phenols is 1. The lowest BCUT2D eigenvalue weighted by Gasteiger charge is -2.10. The average molecular weight is 484 g/mol. The van der Waals surface area contributed by atoms with Gasteiger partial charge in [-0.1, -0.05) is 12.1 Å². The molecule has 1 amide bonds. The molecule has 8 heteroatoms. The highest BCUT2D eigenvalue weighted by Crippen LogP contribution is 2.32. The first-order valence-electron chi connectivity index (χ1n) is 8.37. The van der Waals surface area contributed by atoms with Gasteiger partial charge in [0.25, 0.3) is 5.91 Å². The van der Waals surface area contributed by atoms with Crippen molar-refractivity contribution in [1.29, 1.82) is 0 Å². The minimum Gasteiger partial charge on any atom is -0.504 e. The topological polar surface area (TPSA) is 89.4 Å². The molecule has 0 fully saturated rings. The van der Waals surface area contributed by atoms with Gasteiger partial charge < -0.3 is 19.3 Å². The molecule has 7 nitrogen and oxygen atoms in total. The van der Waals surface area contributed by atoms with Crippen LogP contribution >= 0.6 is 22.6 Å². The normalized spacial score (nSPS) is 10.6. The summed E-state index contributed by atoms with van der Waals surface area (Å²) in [5.41, 5.74) is 3.08. The van der Waals surface area contributed by atoms with Gasteiger partial charge in [0, 0.05) is 0 Å². The summed E-state index contributed by atoms with van der Waals surface area (Å²) in [6.07, 6.45) is 1.47. The lowest BCUT2D eigenvalue weighted by atomic mass is 10.2. The van der Waals surface area contributed by atoms with Gasteiger partial charge in [-0.25, -0.2) is 5.43 Å². The fourth-order valence-electron chi connectivity index (χ4n) is 2.13. The zero-order valence-corrected chi connectivity index (χ0v) is 17.2. The van der Waals surface area contributed by atoms with E-state index in [0.717, 1.165) is 0 Å². The monoisotopic (exact) mass is 484 g/mol. The molecule has 0 aliphatic heterocycles. The van der Waals surface area contributed by atoms with E-state index in [2.05, 4.69) is 10.5 Å². The second-order valence-electron chi connectivity index (χ2n) is 5.24. The Labute approximate surface area is 171 Å². The van der Waals surface area contributed by atoms with Gasteiger partial charge in [0.05, 0.1) is 23.0 Å². The van der Waals surface area contributed by atoms with Gasteiger partial charge in [-0.15, -0.1) is 0 Å². The van der Waals surface area contributed by atoms with Crippen molar-refractivity contribution < 1.29 is 24.1 Å². The van der Waals surface area contributed by atoms with Gasteiger partial charge in [0.15, 0.2) is 29.6 Å². The zero-order chi connectivity index (χ0) is 19.6. The third kappa shape index (κ3) is 6.31. The van der Waals surface area contributed by atoms with E-state index in [4.69, 9.17) is 14.2 Å². The number of ether oxygens (including phenoxy) is 3. The fraction of sp³-hybridized carbons (Fsp3) is 0.263. The minimum atomic E-state index is -0.406. The molecule has 0 bridgehead atoms. The SMILES string of the molecule is CCOc1ccccc1OCC(=O)N/N=C/c1cc(I)c(O)c(OCC)c1. The van der Waals surface area contributed by atoms with Crippen molar-refractivity contribution in [3.05, 3.63) is 45.5 Å². The van der Waals surface area contributed by atoms with Crippen molar-refractivity contribution >= 4 is 34.7 Å². The molecule has 2 aromatic rings. The predicted molar refractivity (Wildman–Crippen MR) is 111 cm³/mol. The van der Waals surface area contributed by atoms with Gasteiger partial charge in [-0.2, -0.15) is 5.10 Å². The highest BCUT2D eigenvalue weighted by atomic mass is 127. The van der Waals surface area contributed by atoms with Crippen LogP contribution in [0, 0.1) is 3.57 Å². The van der Waals surface area contributed by atoms with Gasteiger partial charge in [0.2, 0.25) is 0 Å². The van der Waals surface area contributed by atoms with E-state index in [1.807, 2.05) is 42.5 Å². The molecule has 0 unspecified atom stereocenters. The maximum Gasteiger partial charge on any atom is 0.277 e. The van der Waals surface area contributed by atoms with Gasteiger partial charge in [-0.05, 0) is 66.3 Å². The van der Waals surface area contributed by atoms with Crippen LogP contribution in [-0.2, 0) is 4.79 Å². The molecule has 2 aromatic carbocycles. The first-order valence-corrected chi connectivity index (χ1v) is 9.44. The van der Waals surface area contributed by atoms with E-state index in [0.29, 0.717) is 39.6 Å². The van der Waals surface area contributed by atoms with Crippen LogP contribution in [0.25, 0.3) is 0 Å². The van der Waals surface area contributed by atoms with E-state index in [-0.39, 0.29) is 12.4 Å². The molecule has 0 heterocycles. The first-order chi connectivity index (χ1) is 13.0. The van der Waals surface area contributed by atoms with Gasteiger partial charge in [0.1, 0.15) is 0 Å². The van der Waals surface area contributed by atoms with E-state index >= 15 is 0 Å². The lowest BCUT2D eigenvalue weighted by molar-refractivity contribution is -0.123. The number of benzene rings is 2. The highest BCUT2D eigenvalue weighted by molar-refractivity contribution is 14.1. The third-order valence-corrected chi connectivity index (χ3v) is 4.08. The Hall–Kier alpha value is -2.49. The highest BCUT2D eigenvalue weighted by Gasteiger charge is 2.09. The van der Waals surface area contributed by atoms with Crippen LogP contribution in [0.5, 0.6) is 23.0 Å². The molecule has 144 valence electrons. The number of hydrogen-bond acceptors (Lipinski definition) is 6. The Morgan fingerprint density at radius 2 is 1.74 bits per heavy atom. The van der Waals surface area contributed by atoms with Crippen molar-refractivity contribution in [1.82, 2.24) is 5.43 Å². The number of para-hydroxylation sites is 2. The number of rotatable bonds is 9. The Morgan fingerprint density at radius 1 is 1.11 bits per heavy atom. The van der Waals surface area contributed by atoms with Crippen LogP contribution in [0.2, 0.25) is 0 Å². The molecule has 0 aliphatic rings. The number of phenolic OH excluding ortho intramolecular Hbond substituents is 1. The molecule has 0 radical (unpaired) electrons. The molecule has 2 rings (SSSR count). The summed E-state index contributed by atoms with van der Waals surface area (Å²) in [4.78, 5) is 11.9. The predicted octanol–water partition coefficient (Wildman–Crippen LogP) is 3.32. The number of nitrogens with zero attached hydrogens (tertiary/aromatic N) is 1. The summed E-state index contributed by atoms with van der Waals surface area (Å²) in [6.45, 7) is 4.45. The molecule has 0 spiro atoms. The Bertz CT molecular complexity index is 811. The molecule has 0 saturated heterocycles. The number of nitrogens with one attached hydrogen (secondary N) is 1. The van der Waals surface area contributed by atoms with Crippen molar-refractivity contribution in [2.45, 2.75) is 13.8 Å². The third-order valence-electron chi connectivity index (χ3n) is 3.26. The molecule has 0 aromatic heterocycles. The first kappa shape index (κ1) is 20.8. The Morgan fingerprint density at radius 3 is 2.41 bits per heavy atom. The van der Waals surface area contributed by atoms with Crippen molar-refractivity contribution in [3.8, 4) is 23.0 Å². The number of carbonyl (C=O) groups excluding carboxylic acids is 1. The number of amides is 1. The van der Waals surface area contributed by atoms with Crippen LogP contribution in [0.4, 0.5) is 0 Å². The molecular formula is C19H21IN2O5. The van der Waals surface area contributed by atoms with E-state index in [9.17, 15) is 9.90 Å². The molecule has 2 N–H and O–H groups in total. The summed E-state index contributed by atoms with van der Waals surface area (Å²) in [6, 6.07) is 10.5. The van der Waals surface area contributed by atoms with Crippen molar-refractivity contribution in [2.24, 2.45) is 5.10 Å². The van der Waals surface area contributed by atoms with E-state index in [1.54, 1.807) is 30.3 Å². The average Bonchev–Trinajstić information content (AvgIpc) is 2.65. The van der Waals surface area contributed by atoms with Crippen molar-refractivity contribution in [3.63, 3.8) is 0 Å². The second kappa shape index (κ2) is 10.6. The Kier molecular flexibility index (Phi) is 8.18. The smallest absolute Gasteiger partial charge is 0.277 e. The van der Waals surface area contributed by atoms with Gasteiger partial charge >= 0.3 is 0 Å². The molecule has 0 aliphatic carbocycles. The summed E-state index contributed by atoms with van der Waals surface area (Å²) < 4.78 is 16.9. The van der Waals surface area contributed by atoms with E-state index in [1.165, 1.54) is 6.21 Å². The van der Waals surface area contributed by atoms with Gasteiger partial charge in [-0.3, -0.25) is 4.79 Å². The number of halogens is 1. The van der Waals surface area contributed by atoms with Crippen LogP contribution in [0.1, 0.15) is 19.4 Å². The number of carbonyl (C=O) groups is 1. The van der Waals surface area contributed by atoms with Crippen LogP contribution in [-0.4, -0.2) is 37.0 Å². The molecular weight excluding hydrogens is 463 g/mol. The van der Waals surface area contributed by atoms with Crippen LogP contribution in [0.15, 0.2) is 41.5 Å². The van der Waals surface area contributed by atoms with E-state index < -0.39 is 5.91 Å². The fourth-order valence-corrected chi connectivity index (χ4v) is 2.76.